The molecule has 0 N–H and O–H groups in total. The Labute approximate surface area is 71.5 Å². The Balaban J connectivity index is 3.19. The van der Waals surface area contributed by atoms with Gasteiger partial charge in [-0.1, -0.05) is 0 Å². The van der Waals surface area contributed by atoms with E-state index in [0.29, 0.717) is 0 Å². The number of nitrogens with zero attached hydrogens (tertiary/aromatic N) is 4. The van der Waals surface area contributed by atoms with Crippen molar-refractivity contribution >= 4 is 5.82 Å². The quantitative estimate of drug-likeness (QED) is 0.610. The molecule has 1 heterocycles. The highest BCUT2D eigenvalue weighted by atomic mass is 15.1. The number of hydrogen-bond acceptors (Lipinski definition) is 4. The zero-order valence-corrected chi connectivity index (χ0v) is 7.37. The van der Waals surface area contributed by atoms with Gasteiger partial charge in [-0.3, -0.25) is 0 Å². The lowest BCUT2D eigenvalue weighted by molar-refractivity contribution is 0.996. The zero-order valence-electron chi connectivity index (χ0n) is 7.37. The van der Waals surface area contributed by atoms with E-state index < -0.39 is 0 Å². The fourth-order valence-electron chi connectivity index (χ4n) is 0.940. The minimum Gasteiger partial charge on any atom is -0.362 e. The number of aromatic nitrogens is 2. The molecule has 0 fully saturated rings. The van der Waals surface area contributed by atoms with Crippen molar-refractivity contribution in [2.45, 2.75) is 6.92 Å². The Kier molecular flexibility index (Phi) is 2.24. The molecule has 4 nitrogen and oxygen atoms in total. The van der Waals surface area contributed by atoms with Crippen LogP contribution in [0, 0.1) is 18.3 Å². The molecule has 0 bridgehead atoms. The van der Waals surface area contributed by atoms with E-state index in [2.05, 4.69) is 9.97 Å². The average molecular weight is 162 g/mol. The standard InChI is InChI=1S/C8H10N4/c1-6-5-10-7(4-9)11-8(6)12(2)3/h5H,1-3H3. The van der Waals surface area contributed by atoms with E-state index in [1.807, 2.05) is 32.0 Å². The molecule has 0 saturated heterocycles. The Morgan fingerprint density at radius 3 is 2.67 bits per heavy atom. The SMILES string of the molecule is Cc1cnc(C#N)nc1N(C)C. The van der Waals surface area contributed by atoms with Crippen LogP contribution < -0.4 is 4.90 Å². The third-order valence-electron chi connectivity index (χ3n) is 1.47. The number of anilines is 1. The molecular formula is C8H10N4. The van der Waals surface area contributed by atoms with Gasteiger partial charge in [0.2, 0.25) is 5.82 Å². The minimum absolute atomic E-state index is 0.212. The fraction of sp³-hybridized carbons (Fsp3) is 0.375. The summed E-state index contributed by atoms with van der Waals surface area (Å²) in [6, 6.07) is 1.90. The van der Waals surface area contributed by atoms with Gasteiger partial charge in [0.25, 0.3) is 0 Å². The molecule has 0 aliphatic rings. The van der Waals surface area contributed by atoms with Gasteiger partial charge in [0, 0.05) is 25.9 Å². The molecule has 0 saturated carbocycles. The first-order valence-electron chi connectivity index (χ1n) is 3.56. The highest BCUT2D eigenvalue weighted by Crippen LogP contribution is 2.11. The maximum atomic E-state index is 8.54. The van der Waals surface area contributed by atoms with Crippen molar-refractivity contribution in [2.24, 2.45) is 0 Å². The van der Waals surface area contributed by atoms with Gasteiger partial charge in [-0.25, -0.2) is 9.97 Å². The van der Waals surface area contributed by atoms with Crippen molar-refractivity contribution in [1.29, 1.82) is 5.26 Å². The van der Waals surface area contributed by atoms with Crippen molar-refractivity contribution in [3.63, 3.8) is 0 Å². The molecule has 4 heteroatoms. The molecule has 0 aliphatic carbocycles. The molecule has 0 unspecified atom stereocenters. The first-order valence-corrected chi connectivity index (χ1v) is 3.56. The van der Waals surface area contributed by atoms with E-state index in [1.54, 1.807) is 6.20 Å². The summed E-state index contributed by atoms with van der Waals surface area (Å²) < 4.78 is 0. The van der Waals surface area contributed by atoms with Crippen LogP contribution in [0.1, 0.15) is 11.4 Å². The van der Waals surface area contributed by atoms with E-state index in [9.17, 15) is 0 Å². The molecule has 12 heavy (non-hydrogen) atoms. The summed E-state index contributed by atoms with van der Waals surface area (Å²) in [4.78, 5) is 9.74. The highest BCUT2D eigenvalue weighted by Gasteiger charge is 2.03. The van der Waals surface area contributed by atoms with Crippen LogP contribution in [0.15, 0.2) is 6.20 Å². The predicted molar refractivity (Wildman–Crippen MR) is 45.8 cm³/mol. The van der Waals surface area contributed by atoms with Crippen molar-refractivity contribution in [3.8, 4) is 6.07 Å². The third-order valence-corrected chi connectivity index (χ3v) is 1.47. The van der Waals surface area contributed by atoms with E-state index in [-0.39, 0.29) is 5.82 Å². The molecule has 1 aromatic rings. The van der Waals surface area contributed by atoms with Gasteiger partial charge in [-0.15, -0.1) is 0 Å². The number of aryl methyl sites for hydroxylation is 1. The van der Waals surface area contributed by atoms with Crippen molar-refractivity contribution < 1.29 is 0 Å². The zero-order chi connectivity index (χ0) is 9.14. The Morgan fingerprint density at radius 2 is 2.17 bits per heavy atom. The summed E-state index contributed by atoms with van der Waals surface area (Å²) in [5.74, 6) is 1.01. The van der Waals surface area contributed by atoms with Gasteiger partial charge < -0.3 is 4.90 Å². The van der Waals surface area contributed by atoms with Crippen LogP contribution in [-0.4, -0.2) is 24.1 Å². The van der Waals surface area contributed by atoms with Crippen LogP contribution in [0.5, 0.6) is 0 Å². The first kappa shape index (κ1) is 8.47. The molecule has 0 spiro atoms. The van der Waals surface area contributed by atoms with Crippen LogP contribution in [0.3, 0.4) is 0 Å². The lowest BCUT2D eigenvalue weighted by atomic mass is 10.3. The monoisotopic (exact) mass is 162 g/mol. The van der Waals surface area contributed by atoms with Gasteiger partial charge in [-0.05, 0) is 6.92 Å². The Bertz CT molecular complexity index is 324. The van der Waals surface area contributed by atoms with Crippen LogP contribution >= 0.6 is 0 Å². The van der Waals surface area contributed by atoms with Crippen molar-refractivity contribution in [3.05, 3.63) is 17.6 Å². The van der Waals surface area contributed by atoms with Crippen LogP contribution in [-0.2, 0) is 0 Å². The second kappa shape index (κ2) is 3.18. The predicted octanol–water partition coefficient (Wildman–Crippen LogP) is 0.723. The van der Waals surface area contributed by atoms with E-state index in [4.69, 9.17) is 5.26 Å². The lowest BCUT2D eigenvalue weighted by Gasteiger charge is -2.12. The van der Waals surface area contributed by atoms with Gasteiger partial charge in [-0.2, -0.15) is 5.26 Å². The third kappa shape index (κ3) is 1.51. The maximum Gasteiger partial charge on any atom is 0.234 e. The summed E-state index contributed by atoms with van der Waals surface area (Å²) in [5.41, 5.74) is 0.971. The normalized spacial score (nSPS) is 9.17. The molecule has 0 aromatic carbocycles. The number of hydrogen-bond donors (Lipinski definition) is 0. The summed E-state index contributed by atoms with van der Waals surface area (Å²) in [6.07, 6.45) is 1.65. The van der Waals surface area contributed by atoms with Crippen molar-refractivity contribution in [2.75, 3.05) is 19.0 Å². The molecule has 0 atom stereocenters. The number of nitriles is 1. The largest absolute Gasteiger partial charge is 0.362 e. The summed E-state index contributed by atoms with van der Waals surface area (Å²) in [7, 11) is 3.77. The van der Waals surface area contributed by atoms with E-state index in [1.165, 1.54) is 0 Å². The molecule has 1 rings (SSSR count). The summed E-state index contributed by atoms with van der Waals surface area (Å²) >= 11 is 0. The lowest BCUT2D eigenvalue weighted by Crippen LogP contribution is -2.13. The molecular weight excluding hydrogens is 152 g/mol. The van der Waals surface area contributed by atoms with Gasteiger partial charge >= 0.3 is 0 Å². The van der Waals surface area contributed by atoms with Gasteiger partial charge in [0.05, 0.1) is 0 Å². The Morgan fingerprint density at radius 1 is 1.50 bits per heavy atom. The molecule has 62 valence electrons. The fourth-order valence-corrected chi connectivity index (χ4v) is 0.940. The highest BCUT2D eigenvalue weighted by molar-refractivity contribution is 5.44. The molecule has 1 aromatic heterocycles. The van der Waals surface area contributed by atoms with Crippen LogP contribution in [0.2, 0.25) is 0 Å². The van der Waals surface area contributed by atoms with Crippen molar-refractivity contribution in [1.82, 2.24) is 9.97 Å². The number of rotatable bonds is 1. The van der Waals surface area contributed by atoms with Gasteiger partial charge in [0.1, 0.15) is 11.9 Å². The second-order valence-electron chi connectivity index (χ2n) is 2.71. The summed E-state index contributed by atoms with van der Waals surface area (Å²) in [6.45, 7) is 1.91. The molecule has 0 radical (unpaired) electrons. The first-order chi connectivity index (χ1) is 5.65. The molecule has 0 aliphatic heterocycles. The van der Waals surface area contributed by atoms with Crippen LogP contribution in [0.4, 0.5) is 5.82 Å². The summed E-state index contributed by atoms with van der Waals surface area (Å²) in [5, 5.41) is 8.54. The Hall–Kier alpha value is -1.63. The minimum atomic E-state index is 0.212. The van der Waals surface area contributed by atoms with E-state index >= 15 is 0 Å². The maximum absolute atomic E-state index is 8.54. The van der Waals surface area contributed by atoms with E-state index in [0.717, 1.165) is 11.4 Å². The second-order valence-corrected chi connectivity index (χ2v) is 2.71. The van der Waals surface area contributed by atoms with Crippen LogP contribution in [0.25, 0.3) is 0 Å². The smallest absolute Gasteiger partial charge is 0.234 e. The van der Waals surface area contributed by atoms with Gasteiger partial charge in [0.15, 0.2) is 0 Å². The molecule has 0 amide bonds. The topological polar surface area (TPSA) is 52.8 Å². The average Bonchev–Trinajstić information content (AvgIpc) is 2.05.